The molecule has 0 aliphatic carbocycles. The number of amides is 1. The van der Waals surface area contributed by atoms with Crippen LogP contribution >= 0.6 is 0 Å². The van der Waals surface area contributed by atoms with Crippen LogP contribution in [0.15, 0.2) is 48.5 Å². The molecule has 2 atom stereocenters. The van der Waals surface area contributed by atoms with Crippen LogP contribution in [0.2, 0.25) is 0 Å². The Morgan fingerprint density at radius 3 is 2.60 bits per heavy atom. The molecule has 2 aromatic rings. The normalized spacial score (nSPS) is 27.1. The van der Waals surface area contributed by atoms with Crippen LogP contribution < -0.4 is 9.80 Å². The minimum Gasteiger partial charge on any atom is -0.302 e. The lowest BCUT2D eigenvalue weighted by Crippen LogP contribution is -2.66. The third kappa shape index (κ3) is 1.47. The molecule has 2 aliphatic rings. The van der Waals surface area contributed by atoms with Gasteiger partial charge in [0.25, 0.3) is 5.91 Å². The first-order valence-electron chi connectivity index (χ1n) is 7.01. The van der Waals surface area contributed by atoms with E-state index >= 15 is 0 Å². The maximum absolute atomic E-state index is 12.3. The predicted octanol–water partition coefficient (Wildman–Crippen LogP) is 2.45. The summed E-state index contributed by atoms with van der Waals surface area (Å²) in [6.45, 7) is 0.929. The van der Waals surface area contributed by atoms with Gasteiger partial charge in [0.15, 0.2) is 6.17 Å². The summed E-state index contributed by atoms with van der Waals surface area (Å²) in [5.74, 6) is 0.0561. The topological polar surface area (TPSA) is 29.1 Å². The average Bonchev–Trinajstić information content (AvgIpc) is 2.47. The van der Waals surface area contributed by atoms with E-state index in [1.807, 2.05) is 18.2 Å². The van der Waals surface area contributed by atoms with Gasteiger partial charge in [-0.3, -0.25) is 9.28 Å². The molecule has 100 valence electrons. The van der Waals surface area contributed by atoms with Gasteiger partial charge >= 0.3 is 0 Å². The van der Waals surface area contributed by atoms with Crippen LogP contribution in [0.25, 0.3) is 0 Å². The Hall–Kier alpha value is -2.13. The highest BCUT2D eigenvalue weighted by molar-refractivity contribution is 6.01. The van der Waals surface area contributed by atoms with Crippen LogP contribution in [0.4, 0.5) is 5.69 Å². The minimum absolute atomic E-state index is 0.0561. The molecule has 2 aromatic carbocycles. The Morgan fingerprint density at radius 2 is 1.75 bits per heavy atom. The fraction of sp³-hybridized carbons (Fsp3) is 0.235. The molecule has 0 bridgehead atoms. The largest absolute Gasteiger partial charge is 0.302 e. The molecule has 0 aromatic heterocycles. The molecule has 0 radical (unpaired) electrons. The van der Waals surface area contributed by atoms with Crippen LogP contribution in [-0.2, 0) is 13.0 Å². The summed E-state index contributed by atoms with van der Waals surface area (Å²) in [5.41, 5.74) is 4.69. The van der Waals surface area contributed by atoms with Crippen LogP contribution in [0.3, 0.4) is 0 Å². The summed E-state index contributed by atoms with van der Waals surface area (Å²) in [6, 6.07) is 16.5. The molecule has 2 aliphatic heterocycles. The van der Waals surface area contributed by atoms with Gasteiger partial charge in [0.05, 0.1) is 7.05 Å². The van der Waals surface area contributed by atoms with E-state index in [1.165, 1.54) is 11.1 Å². The van der Waals surface area contributed by atoms with Gasteiger partial charge in [0.2, 0.25) is 0 Å². The number of benzene rings is 2. The zero-order chi connectivity index (χ0) is 13.7. The van der Waals surface area contributed by atoms with E-state index in [2.05, 4.69) is 42.7 Å². The monoisotopic (exact) mass is 265 g/mol. The highest BCUT2D eigenvalue weighted by Gasteiger charge is 2.46. The van der Waals surface area contributed by atoms with Gasteiger partial charge in [0.1, 0.15) is 17.8 Å². The number of para-hydroxylation sites is 1. The Bertz CT molecular complexity index is 710. The molecule has 0 fully saturated rings. The first kappa shape index (κ1) is 11.7. The van der Waals surface area contributed by atoms with Crippen molar-refractivity contribution in [3.05, 3.63) is 65.2 Å². The molecule has 20 heavy (non-hydrogen) atoms. The number of carbonyl (C=O) groups is 1. The van der Waals surface area contributed by atoms with Crippen molar-refractivity contribution in [2.45, 2.75) is 19.1 Å². The SMILES string of the molecule is C[N@@+]12Cc3ccccc3C[C@@H]1NC(=O)c1ccccc12. The fourth-order valence-electron chi connectivity index (χ4n) is 3.57. The van der Waals surface area contributed by atoms with Gasteiger partial charge in [0, 0.05) is 18.1 Å². The second-order valence-corrected chi connectivity index (χ2v) is 5.91. The van der Waals surface area contributed by atoms with Crippen LogP contribution in [0, 0.1) is 0 Å². The quantitative estimate of drug-likeness (QED) is 0.728. The zero-order valence-electron chi connectivity index (χ0n) is 11.5. The summed E-state index contributed by atoms with van der Waals surface area (Å²) in [6.07, 6.45) is 1.03. The molecule has 3 heteroatoms. The van der Waals surface area contributed by atoms with E-state index in [1.54, 1.807) is 0 Å². The van der Waals surface area contributed by atoms with Crippen molar-refractivity contribution < 1.29 is 4.79 Å². The van der Waals surface area contributed by atoms with Crippen molar-refractivity contribution in [1.29, 1.82) is 0 Å². The van der Waals surface area contributed by atoms with E-state index < -0.39 is 0 Å². The zero-order valence-corrected chi connectivity index (χ0v) is 11.5. The number of nitrogens with one attached hydrogen (secondary N) is 1. The number of fused-ring (bicyclic) bond motifs is 4. The molecule has 0 saturated carbocycles. The lowest BCUT2D eigenvalue weighted by atomic mass is 9.91. The Labute approximate surface area is 118 Å². The number of hydrogen-bond acceptors (Lipinski definition) is 1. The molecule has 2 heterocycles. The van der Waals surface area contributed by atoms with Gasteiger partial charge in [-0.25, -0.2) is 0 Å². The smallest absolute Gasteiger partial charge is 0.261 e. The molecule has 0 saturated heterocycles. The predicted molar refractivity (Wildman–Crippen MR) is 79.3 cm³/mol. The maximum Gasteiger partial charge on any atom is 0.261 e. The summed E-state index contributed by atoms with van der Waals surface area (Å²) in [7, 11) is 2.22. The Morgan fingerprint density at radius 1 is 1.05 bits per heavy atom. The maximum atomic E-state index is 12.3. The minimum atomic E-state index is 0.0561. The van der Waals surface area contributed by atoms with E-state index in [4.69, 9.17) is 0 Å². The standard InChI is InChI=1S/C17H16N2O/c1-19-11-13-7-3-2-6-12(13)10-16(19)18-17(20)14-8-4-5-9-15(14)19/h2-9,16H,10-11H2,1H3/p+1/t16-,19+/m1/s1. The van der Waals surface area contributed by atoms with E-state index in [0.29, 0.717) is 0 Å². The second-order valence-electron chi connectivity index (χ2n) is 5.91. The van der Waals surface area contributed by atoms with Gasteiger partial charge in [-0.2, -0.15) is 0 Å². The van der Waals surface area contributed by atoms with Gasteiger partial charge in [-0.05, 0) is 11.6 Å². The van der Waals surface area contributed by atoms with Crippen molar-refractivity contribution in [2.24, 2.45) is 0 Å². The molecule has 1 N–H and O–H groups in total. The highest BCUT2D eigenvalue weighted by atomic mass is 16.2. The van der Waals surface area contributed by atoms with E-state index in [9.17, 15) is 4.79 Å². The molecule has 3 nitrogen and oxygen atoms in total. The molecule has 0 unspecified atom stereocenters. The van der Waals surface area contributed by atoms with Crippen LogP contribution in [0.5, 0.6) is 0 Å². The van der Waals surface area contributed by atoms with Gasteiger partial charge in [-0.1, -0.05) is 36.4 Å². The van der Waals surface area contributed by atoms with Gasteiger partial charge < -0.3 is 5.32 Å². The van der Waals surface area contributed by atoms with E-state index in [0.717, 1.165) is 28.7 Å². The lowest BCUT2D eigenvalue weighted by molar-refractivity contribution is 0.0811. The fourth-order valence-corrected chi connectivity index (χ4v) is 3.57. The van der Waals surface area contributed by atoms with Crippen molar-refractivity contribution >= 4 is 11.6 Å². The van der Waals surface area contributed by atoms with Crippen LogP contribution in [0.1, 0.15) is 21.5 Å². The first-order chi connectivity index (χ1) is 9.68. The first-order valence-corrected chi connectivity index (χ1v) is 7.01. The number of quaternary nitrogens is 1. The molecule has 0 spiro atoms. The molecular formula is C17H17N2O+. The van der Waals surface area contributed by atoms with Crippen LogP contribution in [-0.4, -0.2) is 19.1 Å². The number of nitrogens with zero attached hydrogens (tertiary/aromatic N) is 1. The highest BCUT2D eigenvalue weighted by Crippen LogP contribution is 2.38. The number of carbonyl (C=O) groups excluding carboxylic acids is 1. The number of likely N-dealkylation sites (N-methyl/N-ethyl adjacent to an activating group) is 1. The lowest BCUT2D eigenvalue weighted by Gasteiger charge is -2.47. The molecular weight excluding hydrogens is 248 g/mol. The third-order valence-electron chi connectivity index (χ3n) is 4.72. The van der Waals surface area contributed by atoms with E-state index in [-0.39, 0.29) is 12.1 Å². The van der Waals surface area contributed by atoms with Crippen molar-refractivity contribution in [3.8, 4) is 0 Å². The van der Waals surface area contributed by atoms with Gasteiger partial charge in [-0.15, -0.1) is 0 Å². The number of rotatable bonds is 0. The second kappa shape index (κ2) is 3.93. The Balaban J connectivity index is 1.90. The molecule has 1 amide bonds. The molecule has 4 rings (SSSR count). The van der Waals surface area contributed by atoms with Crippen molar-refractivity contribution in [3.63, 3.8) is 0 Å². The summed E-state index contributed by atoms with van der Waals surface area (Å²) in [5, 5.41) is 3.19. The van der Waals surface area contributed by atoms with Crippen molar-refractivity contribution in [1.82, 2.24) is 9.80 Å². The number of hydrogen-bond donors (Lipinski definition) is 1. The third-order valence-corrected chi connectivity index (χ3v) is 4.72. The summed E-state index contributed by atoms with van der Waals surface area (Å²) in [4.78, 5) is 12.3. The Kier molecular flexibility index (Phi) is 2.30. The van der Waals surface area contributed by atoms with Crippen molar-refractivity contribution in [2.75, 3.05) is 7.05 Å². The summed E-state index contributed by atoms with van der Waals surface area (Å²) >= 11 is 0. The average molecular weight is 265 g/mol. The summed E-state index contributed by atoms with van der Waals surface area (Å²) < 4.78 is 0.763.